The molecule has 1 fully saturated rings. The van der Waals surface area contributed by atoms with E-state index in [9.17, 15) is 0 Å². The Bertz CT molecular complexity index is 373. The topological polar surface area (TPSA) is 47.3 Å². The second kappa shape index (κ2) is 8.28. The van der Waals surface area contributed by atoms with Crippen LogP contribution >= 0.6 is 0 Å². The van der Waals surface area contributed by atoms with Crippen molar-refractivity contribution in [2.75, 3.05) is 19.7 Å². The molecule has 0 saturated heterocycles. The fourth-order valence-electron chi connectivity index (χ4n) is 2.60. The molecule has 1 unspecified atom stereocenters. The van der Waals surface area contributed by atoms with Crippen molar-refractivity contribution in [1.82, 2.24) is 5.32 Å². The normalized spacial score (nSPS) is 16.7. The third-order valence-electron chi connectivity index (χ3n) is 4.16. The Morgan fingerprint density at radius 1 is 1.30 bits per heavy atom. The number of hydrogen-bond acceptors (Lipinski definition) is 3. The van der Waals surface area contributed by atoms with Crippen LogP contribution in [0.1, 0.15) is 50.6 Å². The lowest BCUT2D eigenvalue weighted by Crippen LogP contribution is -2.30. The van der Waals surface area contributed by atoms with E-state index in [0.29, 0.717) is 6.54 Å². The molecule has 112 valence electrons. The van der Waals surface area contributed by atoms with Gasteiger partial charge < -0.3 is 15.8 Å². The van der Waals surface area contributed by atoms with Crippen molar-refractivity contribution in [3.8, 4) is 5.75 Å². The summed E-state index contributed by atoms with van der Waals surface area (Å²) in [6.07, 6.45) is 6.57. The van der Waals surface area contributed by atoms with Crippen LogP contribution in [0.4, 0.5) is 0 Å². The van der Waals surface area contributed by atoms with Gasteiger partial charge in [0.1, 0.15) is 5.75 Å². The van der Waals surface area contributed by atoms with Crippen molar-refractivity contribution < 1.29 is 4.74 Å². The quantitative estimate of drug-likeness (QED) is 0.728. The fraction of sp³-hybridized carbons (Fsp3) is 0.647. The summed E-state index contributed by atoms with van der Waals surface area (Å²) in [4.78, 5) is 0. The van der Waals surface area contributed by atoms with Crippen molar-refractivity contribution in [2.45, 2.75) is 45.1 Å². The van der Waals surface area contributed by atoms with Crippen LogP contribution in [-0.4, -0.2) is 19.7 Å². The maximum atomic E-state index is 5.89. The van der Waals surface area contributed by atoms with Gasteiger partial charge in [-0.05, 0) is 43.0 Å². The molecule has 0 aliphatic heterocycles. The average Bonchev–Trinajstić information content (AvgIpc) is 2.44. The highest BCUT2D eigenvalue weighted by atomic mass is 16.5. The molecule has 2 rings (SSSR count). The number of nitrogens with one attached hydrogen (secondary N) is 1. The van der Waals surface area contributed by atoms with Gasteiger partial charge in [0.05, 0.1) is 6.61 Å². The first-order chi connectivity index (χ1) is 9.83. The molecule has 20 heavy (non-hydrogen) atoms. The van der Waals surface area contributed by atoms with Gasteiger partial charge >= 0.3 is 0 Å². The van der Waals surface area contributed by atoms with E-state index in [4.69, 9.17) is 10.5 Å². The van der Waals surface area contributed by atoms with Crippen LogP contribution < -0.4 is 15.8 Å². The van der Waals surface area contributed by atoms with Gasteiger partial charge in [0, 0.05) is 12.6 Å². The summed E-state index contributed by atoms with van der Waals surface area (Å²) in [6.45, 7) is 4.60. The van der Waals surface area contributed by atoms with Gasteiger partial charge in [0.15, 0.2) is 0 Å². The predicted molar refractivity (Wildman–Crippen MR) is 84.0 cm³/mol. The van der Waals surface area contributed by atoms with E-state index >= 15 is 0 Å². The summed E-state index contributed by atoms with van der Waals surface area (Å²) in [7, 11) is 0. The van der Waals surface area contributed by atoms with E-state index in [-0.39, 0.29) is 6.04 Å². The first-order valence-corrected chi connectivity index (χ1v) is 7.99. The van der Waals surface area contributed by atoms with Gasteiger partial charge in [0.2, 0.25) is 0 Å². The molecule has 1 saturated carbocycles. The van der Waals surface area contributed by atoms with Crippen molar-refractivity contribution in [3.63, 3.8) is 0 Å². The van der Waals surface area contributed by atoms with Crippen molar-refractivity contribution in [3.05, 3.63) is 29.8 Å². The maximum absolute atomic E-state index is 5.89. The molecule has 1 aromatic rings. The molecule has 0 bridgehead atoms. The summed E-state index contributed by atoms with van der Waals surface area (Å²) in [5.74, 6) is 1.89. The van der Waals surface area contributed by atoms with Gasteiger partial charge in [-0.25, -0.2) is 0 Å². The summed E-state index contributed by atoms with van der Waals surface area (Å²) in [5.41, 5.74) is 7.15. The Balaban J connectivity index is 1.79. The smallest absolute Gasteiger partial charge is 0.119 e. The lowest BCUT2D eigenvalue weighted by atomic mass is 9.83. The molecule has 3 nitrogen and oxygen atoms in total. The van der Waals surface area contributed by atoms with E-state index in [0.717, 1.165) is 31.2 Å². The van der Waals surface area contributed by atoms with E-state index in [1.807, 2.05) is 12.1 Å². The molecule has 0 heterocycles. The minimum Gasteiger partial charge on any atom is -0.494 e. The van der Waals surface area contributed by atoms with Crippen LogP contribution in [0.3, 0.4) is 0 Å². The zero-order chi connectivity index (χ0) is 14.2. The highest BCUT2D eigenvalue weighted by Crippen LogP contribution is 2.29. The highest BCUT2D eigenvalue weighted by molar-refractivity contribution is 5.29. The van der Waals surface area contributed by atoms with Crippen LogP contribution in [0.2, 0.25) is 0 Å². The Kier molecular flexibility index (Phi) is 6.34. The van der Waals surface area contributed by atoms with Gasteiger partial charge in [-0.3, -0.25) is 0 Å². The van der Waals surface area contributed by atoms with E-state index in [1.165, 1.54) is 31.2 Å². The Hall–Kier alpha value is -1.06. The van der Waals surface area contributed by atoms with Crippen LogP contribution in [0, 0.1) is 5.92 Å². The molecular formula is C17H28N2O. The van der Waals surface area contributed by atoms with E-state index in [1.54, 1.807) is 0 Å². The van der Waals surface area contributed by atoms with Gasteiger partial charge in [-0.15, -0.1) is 0 Å². The number of nitrogens with two attached hydrogens (primary N) is 1. The lowest BCUT2D eigenvalue weighted by Gasteiger charge is -2.26. The third-order valence-corrected chi connectivity index (χ3v) is 4.16. The minimum atomic E-state index is 0.260. The Morgan fingerprint density at radius 2 is 2.05 bits per heavy atom. The summed E-state index contributed by atoms with van der Waals surface area (Å²) < 4.78 is 5.61. The molecule has 1 aliphatic rings. The molecule has 0 radical (unpaired) electrons. The average molecular weight is 276 g/mol. The van der Waals surface area contributed by atoms with Crippen molar-refractivity contribution in [1.29, 1.82) is 0 Å². The molecule has 3 heteroatoms. The lowest BCUT2D eigenvalue weighted by molar-refractivity contribution is 0.288. The van der Waals surface area contributed by atoms with Gasteiger partial charge in [-0.1, -0.05) is 38.3 Å². The molecule has 3 N–H and O–H groups in total. The number of hydrogen-bond donors (Lipinski definition) is 2. The zero-order valence-electron chi connectivity index (χ0n) is 12.6. The first-order valence-electron chi connectivity index (χ1n) is 7.99. The molecule has 0 spiro atoms. The summed E-state index contributed by atoms with van der Waals surface area (Å²) in [5, 5.41) is 3.58. The SMILES string of the molecule is CCCOc1ccc(C(CN)NCCC2CCC2)cc1. The predicted octanol–water partition coefficient (Wildman–Crippen LogP) is 3.26. The van der Waals surface area contributed by atoms with Crippen molar-refractivity contribution >= 4 is 0 Å². The number of ether oxygens (including phenoxy) is 1. The molecule has 1 aliphatic carbocycles. The fourth-order valence-corrected chi connectivity index (χ4v) is 2.60. The second-order valence-corrected chi connectivity index (χ2v) is 5.75. The molecule has 1 atom stereocenters. The monoisotopic (exact) mass is 276 g/mol. The van der Waals surface area contributed by atoms with Crippen LogP contribution in [0.25, 0.3) is 0 Å². The van der Waals surface area contributed by atoms with Gasteiger partial charge in [-0.2, -0.15) is 0 Å². The largest absolute Gasteiger partial charge is 0.494 e. The standard InChI is InChI=1S/C17H28N2O/c1-2-12-20-16-8-6-15(7-9-16)17(13-18)19-11-10-14-4-3-5-14/h6-9,14,17,19H,2-5,10-13,18H2,1H3. The van der Waals surface area contributed by atoms with Crippen LogP contribution in [0.15, 0.2) is 24.3 Å². The highest BCUT2D eigenvalue weighted by Gasteiger charge is 2.17. The Labute approximate surface area is 122 Å². The number of rotatable bonds is 9. The zero-order valence-corrected chi connectivity index (χ0v) is 12.6. The van der Waals surface area contributed by atoms with E-state index in [2.05, 4.69) is 24.4 Å². The molecule has 0 aromatic heterocycles. The first kappa shape index (κ1) is 15.3. The van der Waals surface area contributed by atoms with Crippen LogP contribution in [0.5, 0.6) is 5.75 Å². The summed E-state index contributed by atoms with van der Waals surface area (Å²) >= 11 is 0. The minimum absolute atomic E-state index is 0.260. The molecule has 0 amide bonds. The molecular weight excluding hydrogens is 248 g/mol. The summed E-state index contributed by atoms with van der Waals surface area (Å²) in [6, 6.07) is 8.59. The second-order valence-electron chi connectivity index (χ2n) is 5.75. The van der Waals surface area contributed by atoms with Gasteiger partial charge in [0.25, 0.3) is 0 Å². The van der Waals surface area contributed by atoms with E-state index < -0.39 is 0 Å². The van der Waals surface area contributed by atoms with Crippen molar-refractivity contribution in [2.24, 2.45) is 11.7 Å². The Morgan fingerprint density at radius 3 is 2.60 bits per heavy atom. The maximum Gasteiger partial charge on any atom is 0.119 e. The number of benzene rings is 1. The van der Waals surface area contributed by atoms with Crippen LogP contribution in [-0.2, 0) is 0 Å². The third kappa shape index (κ3) is 4.50. The molecule has 1 aromatic carbocycles.